The second-order valence-corrected chi connectivity index (χ2v) is 9.53. The molecule has 0 unspecified atom stereocenters. The van der Waals surface area contributed by atoms with E-state index >= 15 is 0 Å². The van der Waals surface area contributed by atoms with Gasteiger partial charge in [-0.05, 0) is 54.0 Å². The molecule has 0 aromatic heterocycles. The van der Waals surface area contributed by atoms with Crippen molar-refractivity contribution in [3.8, 4) is 11.1 Å². The van der Waals surface area contributed by atoms with Crippen molar-refractivity contribution in [2.75, 3.05) is 0 Å². The molecule has 1 aliphatic carbocycles. The number of benzene rings is 3. The largest absolute Gasteiger partial charge is 0.0616 e. The van der Waals surface area contributed by atoms with E-state index in [0.29, 0.717) is 0 Å². The summed E-state index contributed by atoms with van der Waals surface area (Å²) in [4.78, 5) is 0. The van der Waals surface area contributed by atoms with Crippen LogP contribution in [0, 0.1) is 20.9 Å². The van der Waals surface area contributed by atoms with Crippen LogP contribution < -0.4 is 0 Å². The summed E-state index contributed by atoms with van der Waals surface area (Å²) >= 11 is 0. The second-order valence-electron chi connectivity index (χ2n) is 9.53. The van der Waals surface area contributed by atoms with Crippen LogP contribution in [-0.4, -0.2) is 0 Å². The molecule has 0 saturated carbocycles. The molecule has 1 aliphatic rings. The van der Waals surface area contributed by atoms with Gasteiger partial charge in [0.05, 0.1) is 0 Å². The van der Waals surface area contributed by atoms with Crippen LogP contribution in [0.15, 0.2) is 60.7 Å². The van der Waals surface area contributed by atoms with Crippen LogP contribution in [0.4, 0.5) is 0 Å². The van der Waals surface area contributed by atoms with E-state index in [-0.39, 0.29) is 10.8 Å². The van der Waals surface area contributed by atoms with Crippen molar-refractivity contribution in [1.82, 2.24) is 0 Å². The molecule has 4 rings (SSSR count). The van der Waals surface area contributed by atoms with Gasteiger partial charge >= 0.3 is 0 Å². The molecule has 3 aromatic rings. The Bertz CT molecular complexity index is 1180. The van der Waals surface area contributed by atoms with Crippen molar-refractivity contribution in [3.63, 3.8) is 0 Å². The average molecular weight is 341 g/mol. The van der Waals surface area contributed by atoms with Gasteiger partial charge in [0.1, 0.15) is 0 Å². The summed E-state index contributed by atoms with van der Waals surface area (Å²) in [5, 5.41) is 5.57. The Morgan fingerprint density at radius 3 is 1.85 bits per heavy atom. The lowest BCUT2D eigenvalue weighted by molar-refractivity contribution is 0.570. The van der Waals surface area contributed by atoms with Crippen LogP contribution in [0.1, 0.15) is 52.7 Å². The molecule has 0 heterocycles. The number of rotatable bonds is 1. The van der Waals surface area contributed by atoms with E-state index in [1.54, 1.807) is 0 Å². The number of fused-ring (bicyclic) bond motifs is 2. The lowest BCUT2D eigenvalue weighted by Gasteiger charge is -2.28. The zero-order chi connectivity index (χ0) is 18.7. The fourth-order valence-corrected chi connectivity index (χ4v) is 4.03. The van der Waals surface area contributed by atoms with Gasteiger partial charge in [-0.15, -0.1) is 0 Å². The van der Waals surface area contributed by atoms with Gasteiger partial charge in [0.2, 0.25) is 0 Å². The molecule has 0 saturated heterocycles. The van der Waals surface area contributed by atoms with Crippen molar-refractivity contribution in [2.45, 2.75) is 52.4 Å². The van der Waals surface area contributed by atoms with Gasteiger partial charge < -0.3 is 0 Å². The highest BCUT2D eigenvalue weighted by atomic mass is 14.3. The highest BCUT2D eigenvalue weighted by Crippen LogP contribution is 2.38. The van der Waals surface area contributed by atoms with E-state index in [1.165, 1.54) is 43.1 Å². The molecular formula is C26H28. The summed E-state index contributed by atoms with van der Waals surface area (Å²) < 4.78 is 0. The van der Waals surface area contributed by atoms with E-state index in [9.17, 15) is 0 Å². The maximum Gasteiger partial charge on any atom is -0.00203 e. The third-order valence-corrected chi connectivity index (χ3v) is 5.53. The van der Waals surface area contributed by atoms with Gasteiger partial charge in [-0.25, -0.2) is 0 Å². The van der Waals surface area contributed by atoms with Crippen molar-refractivity contribution in [2.24, 2.45) is 0 Å². The summed E-state index contributed by atoms with van der Waals surface area (Å²) in [6.45, 7) is 13.8. The Morgan fingerprint density at radius 1 is 0.538 bits per heavy atom. The maximum atomic E-state index is 2.43. The third kappa shape index (κ3) is 2.60. The van der Waals surface area contributed by atoms with E-state index in [4.69, 9.17) is 0 Å². The normalized spacial score (nSPS) is 13.0. The first-order valence-corrected chi connectivity index (χ1v) is 9.56. The van der Waals surface area contributed by atoms with Crippen LogP contribution in [0.5, 0.6) is 0 Å². The minimum Gasteiger partial charge on any atom is -0.0616 e. The average Bonchev–Trinajstić information content (AvgIpc) is 2.57. The Hall–Kier alpha value is -2.34. The number of hydrogen-bond acceptors (Lipinski definition) is 0. The minimum atomic E-state index is 0.0998. The highest BCUT2D eigenvalue weighted by molar-refractivity contribution is 5.71. The Labute approximate surface area is 156 Å². The topological polar surface area (TPSA) is 0 Å². The molecule has 0 atom stereocenters. The smallest absolute Gasteiger partial charge is 0.00203 e. The zero-order valence-electron chi connectivity index (χ0n) is 16.8. The molecule has 0 N–H and O–H groups in total. The van der Waals surface area contributed by atoms with Crippen molar-refractivity contribution >= 4 is 0 Å². The molecule has 0 spiro atoms. The Kier molecular flexibility index (Phi) is 3.67. The zero-order valence-corrected chi connectivity index (χ0v) is 16.8. The minimum absolute atomic E-state index is 0.0998. The quantitative estimate of drug-likeness (QED) is 0.356. The molecule has 0 heteroatoms. The van der Waals surface area contributed by atoms with Gasteiger partial charge in [0.25, 0.3) is 0 Å². The van der Waals surface area contributed by atoms with Crippen LogP contribution >= 0.6 is 0 Å². The lowest BCUT2D eigenvalue weighted by Crippen LogP contribution is -2.17. The van der Waals surface area contributed by atoms with Crippen molar-refractivity contribution in [3.05, 3.63) is 92.7 Å². The molecule has 0 radical (unpaired) electrons. The van der Waals surface area contributed by atoms with E-state index < -0.39 is 0 Å². The van der Waals surface area contributed by atoms with Crippen LogP contribution in [0.25, 0.3) is 11.1 Å². The summed E-state index contributed by atoms with van der Waals surface area (Å²) in [6.07, 6.45) is 0. The van der Waals surface area contributed by atoms with Crippen LogP contribution in [0.2, 0.25) is 0 Å². The summed E-state index contributed by atoms with van der Waals surface area (Å²) in [5.41, 5.74) is 5.84. The Morgan fingerprint density at radius 2 is 1.19 bits per heavy atom. The molecule has 0 fully saturated rings. The van der Waals surface area contributed by atoms with Gasteiger partial charge in [0.15, 0.2) is 0 Å². The van der Waals surface area contributed by atoms with E-state index in [1.807, 2.05) is 0 Å². The second kappa shape index (κ2) is 5.58. The predicted octanol–water partition coefficient (Wildman–Crippen LogP) is 6.84. The standard InChI is InChI=1S/C26H28/c1-25(2,3)17-14-15-19(23(16-17)26(4,5)6)22-13-9-12-21-18-10-7-8-11-20(18)24(21)22/h7-16H,1-6H3. The van der Waals surface area contributed by atoms with Crippen LogP contribution in [-0.2, 0) is 10.8 Å². The van der Waals surface area contributed by atoms with E-state index in [0.717, 1.165) is 0 Å². The SMILES string of the molecule is CC(C)(C)c1ccc(-c2cccc3c2=c2ccccc2=3)c(C(C)(C)C)c1. The first kappa shape index (κ1) is 17.1. The fourth-order valence-electron chi connectivity index (χ4n) is 4.03. The molecule has 0 amide bonds. The third-order valence-electron chi connectivity index (χ3n) is 5.53. The van der Waals surface area contributed by atoms with Gasteiger partial charge in [0, 0.05) is 0 Å². The highest BCUT2D eigenvalue weighted by Gasteiger charge is 2.23. The van der Waals surface area contributed by atoms with Gasteiger partial charge in [-0.3, -0.25) is 0 Å². The van der Waals surface area contributed by atoms with Crippen LogP contribution in [0.3, 0.4) is 0 Å². The first-order valence-electron chi connectivity index (χ1n) is 9.56. The summed E-state index contributed by atoms with van der Waals surface area (Å²) in [6, 6.07) is 22.6. The van der Waals surface area contributed by atoms with Gasteiger partial charge in [-0.1, -0.05) is 102 Å². The predicted molar refractivity (Wildman–Crippen MR) is 111 cm³/mol. The van der Waals surface area contributed by atoms with Gasteiger partial charge in [-0.2, -0.15) is 0 Å². The molecule has 132 valence electrons. The molecular weight excluding hydrogens is 312 g/mol. The molecule has 0 aliphatic heterocycles. The Balaban J connectivity index is 2.06. The monoisotopic (exact) mass is 340 g/mol. The maximum absolute atomic E-state index is 2.43. The molecule has 0 bridgehead atoms. The van der Waals surface area contributed by atoms with Crippen molar-refractivity contribution < 1.29 is 0 Å². The summed E-state index contributed by atoms with van der Waals surface area (Å²) in [5.74, 6) is 0. The van der Waals surface area contributed by atoms with Crippen molar-refractivity contribution in [1.29, 1.82) is 0 Å². The summed E-state index contributed by atoms with van der Waals surface area (Å²) in [7, 11) is 0. The fraction of sp³-hybridized carbons (Fsp3) is 0.308. The first-order chi connectivity index (χ1) is 12.2. The molecule has 3 aromatic carbocycles. The van der Waals surface area contributed by atoms with E-state index in [2.05, 4.69) is 102 Å². The molecule has 26 heavy (non-hydrogen) atoms. The number of hydrogen-bond donors (Lipinski definition) is 0. The molecule has 0 nitrogen and oxygen atoms in total. The lowest BCUT2D eigenvalue weighted by atomic mass is 9.76.